The van der Waals surface area contributed by atoms with Crippen molar-refractivity contribution in [2.45, 2.75) is 52.1 Å². The van der Waals surface area contributed by atoms with E-state index in [1.165, 1.54) is 0 Å². The minimum absolute atomic E-state index is 0.0134. The quantitative estimate of drug-likeness (QED) is 0.264. The highest BCUT2D eigenvalue weighted by molar-refractivity contribution is 7.71. The first-order valence-electron chi connectivity index (χ1n) is 11.6. The van der Waals surface area contributed by atoms with Crippen molar-refractivity contribution in [3.63, 3.8) is 0 Å². The Hall–Kier alpha value is -3.52. The maximum Gasteiger partial charge on any atom is 0.262 e. The highest BCUT2D eigenvalue weighted by Gasteiger charge is 2.16. The third-order valence-corrected chi connectivity index (χ3v) is 6.39. The lowest BCUT2D eigenvalue weighted by atomic mass is 10.1. The molecule has 0 saturated carbocycles. The average molecular weight is 476 g/mol. The summed E-state index contributed by atoms with van der Waals surface area (Å²) in [4.78, 5) is 28.3. The van der Waals surface area contributed by atoms with Crippen LogP contribution in [0.3, 0.4) is 0 Å². The van der Waals surface area contributed by atoms with Gasteiger partial charge in [0.05, 0.1) is 28.8 Å². The van der Waals surface area contributed by atoms with E-state index in [1.54, 1.807) is 10.6 Å². The molecule has 1 unspecified atom stereocenters. The Kier molecular flexibility index (Phi) is 7.37. The van der Waals surface area contributed by atoms with E-state index >= 15 is 0 Å². The van der Waals surface area contributed by atoms with Crippen LogP contribution in [0, 0.1) is 11.7 Å². The number of hydrogen-bond acceptors (Lipinski definition) is 4. The van der Waals surface area contributed by atoms with Gasteiger partial charge in [0.1, 0.15) is 0 Å². The molecule has 0 fully saturated rings. The van der Waals surface area contributed by atoms with Gasteiger partial charge >= 0.3 is 0 Å². The SMILES string of the molecule is Cc1c(C(C)NC(=O)CCCCCn2c(=S)[nH]c3ccccc3c2=O)cnn1-c1ccccc1. The van der Waals surface area contributed by atoms with E-state index in [1.807, 2.05) is 73.3 Å². The lowest BCUT2D eigenvalue weighted by Crippen LogP contribution is -2.26. The number of carbonyl (C=O) groups is 1. The number of para-hydroxylation sites is 2. The van der Waals surface area contributed by atoms with Crippen LogP contribution in [0.4, 0.5) is 0 Å². The smallest absolute Gasteiger partial charge is 0.262 e. The molecule has 7 nitrogen and oxygen atoms in total. The molecule has 2 heterocycles. The van der Waals surface area contributed by atoms with Crippen molar-refractivity contribution in [2.24, 2.45) is 0 Å². The molecule has 8 heteroatoms. The number of fused-ring (bicyclic) bond motifs is 1. The van der Waals surface area contributed by atoms with Gasteiger partial charge in [0.25, 0.3) is 5.56 Å². The summed E-state index contributed by atoms with van der Waals surface area (Å²) in [5.74, 6) is 0.0134. The Morgan fingerprint density at radius 3 is 2.62 bits per heavy atom. The van der Waals surface area contributed by atoms with Crippen LogP contribution in [0.1, 0.15) is 49.9 Å². The normalized spacial score (nSPS) is 12.1. The van der Waals surface area contributed by atoms with E-state index in [0.29, 0.717) is 23.1 Å². The third-order valence-electron chi connectivity index (χ3n) is 6.07. The third kappa shape index (κ3) is 5.17. The largest absolute Gasteiger partial charge is 0.349 e. The molecule has 0 bridgehead atoms. The molecule has 0 aliphatic rings. The van der Waals surface area contributed by atoms with Crippen LogP contribution < -0.4 is 10.9 Å². The highest BCUT2D eigenvalue weighted by atomic mass is 32.1. The van der Waals surface area contributed by atoms with Crippen molar-refractivity contribution >= 4 is 29.0 Å². The van der Waals surface area contributed by atoms with Crippen molar-refractivity contribution in [1.29, 1.82) is 0 Å². The average Bonchev–Trinajstić information content (AvgIpc) is 3.22. The van der Waals surface area contributed by atoms with Crippen molar-refractivity contribution in [3.05, 3.63) is 87.2 Å². The minimum Gasteiger partial charge on any atom is -0.349 e. The molecule has 2 N–H and O–H groups in total. The Morgan fingerprint density at radius 1 is 1.09 bits per heavy atom. The van der Waals surface area contributed by atoms with Gasteiger partial charge in [-0.25, -0.2) is 4.68 Å². The fourth-order valence-electron chi connectivity index (χ4n) is 4.20. The van der Waals surface area contributed by atoms with Gasteiger partial charge in [0.2, 0.25) is 5.91 Å². The van der Waals surface area contributed by atoms with Gasteiger partial charge in [-0.05, 0) is 63.2 Å². The molecular weight excluding hydrogens is 446 g/mol. The minimum atomic E-state index is -0.126. The summed E-state index contributed by atoms with van der Waals surface area (Å²) in [6.07, 6.45) is 4.62. The molecule has 0 saturated heterocycles. The van der Waals surface area contributed by atoms with Crippen molar-refractivity contribution in [3.8, 4) is 5.69 Å². The Bertz CT molecular complexity index is 1400. The summed E-state index contributed by atoms with van der Waals surface area (Å²) in [6, 6.07) is 17.2. The summed E-state index contributed by atoms with van der Waals surface area (Å²) < 4.78 is 3.92. The maximum absolute atomic E-state index is 12.7. The van der Waals surface area contributed by atoms with Crippen LogP contribution in [0.2, 0.25) is 0 Å². The van der Waals surface area contributed by atoms with Crippen molar-refractivity contribution in [1.82, 2.24) is 24.6 Å². The molecular formula is C26H29N5O2S. The van der Waals surface area contributed by atoms with E-state index < -0.39 is 0 Å². The Balaban J connectivity index is 1.26. The van der Waals surface area contributed by atoms with Crippen LogP contribution in [-0.4, -0.2) is 25.2 Å². The van der Waals surface area contributed by atoms with Crippen molar-refractivity contribution < 1.29 is 4.79 Å². The standard InChI is InChI=1S/C26H29N5O2S/c1-18(22-17-27-31(19(22)2)20-11-5-3-6-12-20)28-24(32)15-7-4-10-16-30-25(33)21-13-8-9-14-23(21)29-26(30)34/h3,5-6,8-9,11-14,17-18H,4,7,10,15-16H2,1-2H3,(H,28,32)(H,29,34). The number of rotatable bonds is 9. The van der Waals surface area contributed by atoms with Crippen LogP contribution in [0.5, 0.6) is 0 Å². The summed E-state index contributed by atoms with van der Waals surface area (Å²) in [5.41, 5.74) is 3.69. The molecule has 0 radical (unpaired) electrons. The lowest BCUT2D eigenvalue weighted by molar-refractivity contribution is -0.121. The van der Waals surface area contributed by atoms with Gasteiger partial charge < -0.3 is 10.3 Å². The van der Waals surface area contributed by atoms with E-state index in [9.17, 15) is 9.59 Å². The number of amides is 1. The van der Waals surface area contributed by atoms with E-state index in [4.69, 9.17) is 12.2 Å². The van der Waals surface area contributed by atoms with E-state index in [0.717, 1.165) is 41.7 Å². The van der Waals surface area contributed by atoms with Gasteiger partial charge in [-0.1, -0.05) is 36.8 Å². The van der Waals surface area contributed by atoms with Crippen LogP contribution in [-0.2, 0) is 11.3 Å². The number of carbonyl (C=O) groups excluding carboxylic acids is 1. The van der Waals surface area contributed by atoms with Gasteiger partial charge in [-0.3, -0.25) is 14.2 Å². The summed E-state index contributed by atoms with van der Waals surface area (Å²) >= 11 is 5.36. The predicted octanol–water partition coefficient (Wildman–Crippen LogP) is 4.99. The number of aromatic amines is 1. The zero-order chi connectivity index (χ0) is 24.1. The van der Waals surface area contributed by atoms with E-state index in [-0.39, 0.29) is 17.5 Å². The Labute approximate surface area is 203 Å². The number of benzene rings is 2. The number of aromatic nitrogens is 4. The number of nitrogens with zero attached hydrogens (tertiary/aromatic N) is 3. The molecule has 176 valence electrons. The van der Waals surface area contributed by atoms with Gasteiger partial charge in [0, 0.05) is 24.2 Å². The second-order valence-corrected chi connectivity index (χ2v) is 8.85. The zero-order valence-corrected chi connectivity index (χ0v) is 20.3. The highest BCUT2D eigenvalue weighted by Crippen LogP contribution is 2.20. The van der Waals surface area contributed by atoms with Gasteiger partial charge in [-0.2, -0.15) is 5.10 Å². The fourth-order valence-corrected chi connectivity index (χ4v) is 4.49. The molecule has 2 aromatic carbocycles. The Morgan fingerprint density at radius 2 is 1.82 bits per heavy atom. The van der Waals surface area contributed by atoms with Crippen LogP contribution in [0.15, 0.2) is 65.6 Å². The van der Waals surface area contributed by atoms with Gasteiger partial charge in [-0.15, -0.1) is 0 Å². The topological polar surface area (TPSA) is 84.7 Å². The summed E-state index contributed by atoms with van der Waals surface area (Å²) in [6.45, 7) is 4.53. The second-order valence-electron chi connectivity index (χ2n) is 8.47. The molecule has 0 aliphatic carbocycles. The van der Waals surface area contributed by atoms with Gasteiger partial charge in [0.15, 0.2) is 4.77 Å². The lowest BCUT2D eigenvalue weighted by Gasteiger charge is -2.14. The number of nitrogens with one attached hydrogen (secondary N) is 2. The summed E-state index contributed by atoms with van der Waals surface area (Å²) in [7, 11) is 0. The predicted molar refractivity (Wildman–Crippen MR) is 137 cm³/mol. The first-order valence-corrected chi connectivity index (χ1v) is 12.0. The molecule has 1 amide bonds. The maximum atomic E-state index is 12.7. The van der Waals surface area contributed by atoms with E-state index in [2.05, 4.69) is 15.4 Å². The molecule has 4 rings (SSSR count). The first-order chi connectivity index (χ1) is 16.5. The second kappa shape index (κ2) is 10.6. The molecule has 2 aromatic heterocycles. The van der Waals surface area contributed by atoms with Crippen LogP contribution in [0.25, 0.3) is 16.6 Å². The number of hydrogen-bond donors (Lipinski definition) is 2. The molecule has 4 aromatic rings. The molecule has 1 atom stereocenters. The van der Waals surface area contributed by atoms with Crippen LogP contribution >= 0.6 is 12.2 Å². The molecule has 0 spiro atoms. The van der Waals surface area contributed by atoms with Crippen molar-refractivity contribution in [2.75, 3.05) is 0 Å². The molecule has 34 heavy (non-hydrogen) atoms. The summed E-state index contributed by atoms with van der Waals surface area (Å²) in [5, 5.41) is 8.20. The molecule has 0 aliphatic heterocycles. The number of H-pyrrole nitrogens is 1. The first kappa shape index (κ1) is 23.6. The number of unbranched alkanes of at least 4 members (excludes halogenated alkanes) is 2. The fraction of sp³-hybridized carbons (Fsp3) is 0.308. The monoisotopic (exact) mass is 475 g/mol. The zero-order valence-electron chi connectivity index (χ0n) is 19.5.